The molecule has 1 heterocycles. The molecule has 1 aliphatic rings. The Bertz CT molecular complexity index is 371. The zero-order valence-electron chi connectivity index (χ0n) is 8.66. The lowest BCUT2D eigenvalue weighted by atomic mass is 9.83. The number of rotatable bonds is 3. The Balaban J connectivity index is 2.09. The first-order valence-corrected chi connectivity index (χ1v) is 5.86. The molecule has 1 aliphatic carbocycles. The fourth-order valence-electron chi connectivity index (χ4n) is 1.65. The van der Waals surface area contributed by atoms with Gasteiger partial charge in [-0.3, -0.25) is 0 Å². The van der Waals surface area contributed by atoms with Crippen molar-refractivity contribution in [3.63, 3.8) is 0 Å². The van der Waals surface area contributed by atoms with Crippen molar-refractivity contribution >= 4 is 22.3 Å². The van der Waals surface area contributed by atoms with Crippen LogP contribution in [0.15, 0.2) is 0 Å². The molecule has 15 heavy (non-hydrogen) atoms. The highest BCUT2D eigenvalue weighted by atomic mass is 32.1. The first-order chi connectivity index (χ1) is 7.20. The lowest BCUT2D eigenvalue weighted by Gasteiger charge is -2.23. The van der Waals surface area contributed by atoms with Crippen molar-refractivity contribution in [1.82, 2.24) is 4.98 Å². The molecule has 2 rings (SSSR count). The van der Waals surface area contributed by atoms with Gasteiger partial charge in [0.15, 0.2) is 5.69 Å². The monoisotopic (exact) mass is 226 g/mol. The Morgan fingerprint density at radius 3 is 2.93 bits per heavy atom. The number of ether oxygens (including phenoxy) is 1. The summed E-state index contributed by atoms with van der Waals surface area (Å²) in [5, 5.41) is 1.42. The number of aromatic nitrogens is 1. The number of methoxy groups -OCH3 is 1. The second-order valence-corrected chi connectivity index (χ2v) is 4.93. The highest BCUT2D eigenvalue weighted by Crippen LogP contribution is 2.32. The van der Waals surface area contributed by atoms with E-state index >= 15 is 0 Å². The van der Waals surface area contributed by atoms with E-state index in [9.17, 15) is 4.79 Å². The van der Waals surface area contributed by atoms with Crippen LogP contribution in [0.5, 0.6) is 0 Å². The van der Waals surface area contributed by atoms with Crippen LogP contribution in [0.4, 0.5) is 5.00 Å². The average Bonchev–Trinajstić information content (AvgIpc) is 2.52. The maximum atomic E-state index is 11.3. The quantitative estimate of drug-likeness (QED) is 0.799. The van der Waals surface area contributed by atoms with Crippen LogP contribution < -0.4 is 5.73 Å². The fraction of sp³-hybridized carbons (Fsp3) is 0.600. The van der Waals surface area contributed by atoms with Crippen LogP contribution in [0, 0.1) is 5.92 Å². The summed E-state index contributed by atoms with van der Waals surface area (Å²) in [6.07, 6.45) is 4.81. The van der Waals surface area contributed by atoms with E-state index in [0.29, 0.717) is 5.00 Å². The van der Waals surface area contributed by atoms with Gasteiger partial charge in [-0.25, -0.2) is 9.78 Å². The molecule has 0 atom stereocenters. The zero-order chi connectivity index (χ0) is 10.8. The molecular weight excluding hydrogens is 212 g/mol. The molecule has 0 amide bonds. The number of thiazole rings is 1. The highest BCUT2D eigenvalue weighted by molar-refractivity contribution is 7.15. The van der Waals surface area contributed by atoms with Gasteiger partial charge < -0.3 is 10.5 Å². The van der Waals surface area contributed by atoms with E-state index in [0.717, 1.165) is 17.3 Å². The molecule has 0 bridgehead atoms. The van der Waals surface area contributed by atoms with E-state index in [-0.39, 0.29) is 5.69 Å². The lowest BCUT2D eigenvalue weighted by Crippen LogP contribution is -2.13. The van der Waals surface area contributed by atoms with Crippen molar-refractivity contribution in [2.24, 2.45) is 5.92 Å². The summed E-state index contributed by atoms with van der Waals surface area (Å²) in [7, 11) is 1.34. The molecule has 2 N–H and O–H groups in total. The van der Waals surface area contributed by atoms with Gasteiger partial charge in [-0.1, -0.05) is 19.3 Å². The Hall–Kier alpha value is -1.10. The van der Waals surface area contributed by atoms with Crippen LogP contribution in [0.25, 0.3) is 0 Å². The van der Waals surface area contributed by atoms with Crippen LogP contribution in [0.3, 0.4) is 0 Å². The van der Waals surface area contributed by atoms with Gasteiger partial charge in [0.25, 0.3) is 0 Å². The fourth-order valence-corrected chi connectivity index (χ4v) is 2.59. The van der Waals surface area contributed by atoms with Crippen molar-refractivity contribution in [2.75, 3.05) is 12.8 Å². The summed E-state index contributed by atoms with van der Waals surface area (Å²) in [4.78, 5) is 15.5. The Labute approximate surface area is 92.5 Å². The van der Waals surface area contributed by atoms with Gasteiger partial charge in [0.05, 0.1) is 12.1 Å². The number of hydrogen-bond acceptors (Lipinski definition) is 5. The number of nitrogens with two attached hydrogens (primary N) is 1. The Morgan fingerprint density at radius 2 is 2.40 bits per heavy atom. The first-order valence-electron chi connectivity index (χ1n) is 5.04. The van der Waals surface area contributed by atoms with E-state index in [1.807, 2.05) is 0 Å². The van der Waals surface area contributed by atoms with Gasteiger partial charge in [-0.2, -0.15) is 0 Å². The van der Waals surface area contributed by atoms with E-state index < -0.39 is 5.97 Å². The number of carbonyl (C=O) groups excluding carboxylic acids is 1. The van der Waals surface area contributed by atoms with E-state index in [1.165, 1.54) is 37.7 Å². The minimum absolute atomic E-state index is 0.275. The summed E-state index contributed by atoms with van der Waals surface area (Å²) in [5.41, 5.74) is 5.98. The van der Waals surface area contributed by atoms with E-state index in [4.69, 9.17) is 5.73 Å². The van der Waals surface area contributed by atoms with Gasteiger partial charge in [0, 0.05) is 6.42 Å². The summed E-state index contributed by atoms with van der Waals surface area (Å²) < 4.78 is 4.60. The predicted molar refractivity (Wildman–Crippen MR) is 58.9 cm³/mol. The highest BCUT2D eigenvalue weighted by Gasteiger charge is 2.22. The molecule has 0 spiro atoms. The molecule has 0 saturated heterocycles. The standard InChI is InChI=1S/C10H14N2O2S/c1-14-10(13)8-9(11)15-7(12-8)5-6-3-2-4-6/h6H,2-5,11H2,1H3. The minimum atomic E-state index is -0.441. The third-order valence-electron chi connectivity index (χ3n) is 2.76. The third-order valence-corrected chi connectivity index (χ3v) is 3.67. The molecule has 5 heteroatoms. The molecule has 0 radical (unpaired) electrons. The topological polar surface area (TPSA) is 65.2 Å². The number of esters is 1. The Morgan fingerprint density at radius 1 is 1.67 bits per heavy atom. The van der Waals surface area contributed by atoms with Gasteiger partial charge in [-0.05, 0) is 5.92 Å². The predicted octanol–water partition coefficient (Wildman–Crippen LogP) is 1.85. The molecule has 1 fully saturated rings. The van der Waals surface area contributed by atoms with E-state index in [1.54, 1.807) is 0 Å². The number of carbonyl (C=O) groups is 1. The lowest BCUT2D eigenvalue weighted by molar-refractivity contribution is 0.0596. The van der Waals surface area contributed by atoms with Crippen LogP contribution >= 0.6 is 11.3 Å². The molecule has 1 saturated carbocycles. The number of anilines is 1. The molecule has 0 aromatic carbocycles. The maximum Gasteiger partial charge on any atom is 0.359 e. The van der Waals surface area contributed by atoms with Crippen LogP contribution in [0.1, 0.15) is 34.8 Å². The maximum absolute atomic E-state index is 11.3. The van der Waals surface area contributed by atoms with Gasteiger partial charge in [-0.15, -0.1) is 11.3 Å². The molecule has 4 nitrogen and oxygen atoms in total. The summed E-state index contributed by atoms with van der Waals surface area (Å²) >= 11 is 1.40. The normalized spacial score (nSPS) is 16.1. The van der Waals surface area contributed by atoms with Crippen LogP contribution in [-0.4, -0.2) is 18.1 Å². The third kappa shape index (κ3) is 2.12. The van der Waals surface area contributed by atoms with Gasteiger partial charge in [0.1, 0.15) is 5.00 Å². The van der Waals surface area contributed by atoms with Crippen molar-refractivity contribution in [3.05, 3.63) is 10.7 Å². The largest absolute Gasteiger partial charge is 0.464 e. The second-order valence-electron chi connectivity index (χ2n) is 3.81. The van der Waals surface area contributed by atoms with Crippen molar-refractivity contribution in [3.8, 4) is 0 Å². The second kappa shape index (κ2) is 4.18. The van der Waals surface area contributed by atoms with E-state index in [2.05, 4.69) is 9.72 Å². The number of nitrogens with zero attached hydrogens (tertiary/aromatic N) is 1. The van der Waals surface area contributed by atoms with Crippen LogP contribution in [-0.2, 0) is 11.2 Å². The van der Waals surface area contributed by atoms with Crippen molar-refractivity contribution in [1.29, 1.82) is 0 Å². The zero-order valence-corrected chi connectivity index (χ0v) is 9.47. The van der Waals surface area contributed by atoms with Gasteiger partial charge >= 0.3 is 5.97 Å². The summed E-state index contributed by atoms with van der Waals surface area (Å²) in [6, 6.07) is 0. The number of hydrogen-bond donors (Lipinski definition) is 1. The van der Waals surface area contributed by atoms with Crippen LogP contribution in [0.2, 0.25) is 0 Å². The molecule has 0 unspecified atom stereocenters. The minimum Gasteiger partial charge on any atom is -0.464 e. The summed E-state index contributed by atoms with van der Waals surface area (Å²) in [6.45, 7) is 0. The van der Waals surface area contributed by atoms with Crippen molar-refractivity contribution < 1.29 is 9.53 Å². The van der Waals surface area contributed by atoms with Crippen molar-refractivity contribution in [2.45, 2.75) is 25.7 Å². The molecular formula is C10H14N2O2S. The SMILES string of the molecule is COC(=O)c1nc(CC2CCC2)sc1N. The smallest absolute Gasteiger partial charge is 0.359 e. The molecule has 0 aliphatic heterocycles. The molecule has 1 aromatic heterocycles. The van der Waals surface area contributed by atoms with Gasteiger partial charge in [0.2, 0.25) is 0 Å². The average molecular weight is 226 g/mol. The molecule has 1 aromatic rings. The Kier molecular flexibility index (Phi) is 2.90. The molecule has 82 valence electrons. The first kappa shape index (κ1) is 10.4. The summed E-state index contributed by atoms with van der Waals surface area (Å²) in [5.74, 6) is 0.296. The number of nitrogen functional groups attached to an aromatic ring is 1.